The predicted molar refractivity (Wildman–Crippen MR) is 54.9 cm³/mol. The number of benzene rings is 1. The molecule has 70 valence electrons. The van der Waals surface area contributed by atoms with Crippen LogP contribution in [0, 0.1) is 0 Å². The minimum atomic E-state index is -0.916. The van der Waals surface area contributed by atoms with Crippen LogP contribution in [-0.4, -0.2) is 11.1 Å². The number of carbonyl (C=O) groups is 1. The van der Waals surface area contributed by atoms with E-state index in [2.05, 4.69) is 15.9 Å². The number of carboxylic acids is 1. The first-order valence-electron chi connectivity index (χ1n) is 3.46. The monoisotopic (exact) mass is 263 g/mol. The summed E-state index contributed by atoms with van der Waals surface area (Å²) in [5, 5.41) is 9.03. The highest BCUT2D eigenvalue weighted by molar-refractivity contribution is 9.10. The molecule has 0 atom stereocenters. The van der Waals surface area contributed by atoms with Crippen molar-refractivity contribution in [2.45, 2.75) is 6.42 Å². The van der Waals surface area contributed by atoms with Crippen LogP contribution in [0.4, 0.5) is 5.69 Å². The molecule has 3 nitrogen and oxygen atoms in total. The summed E-state index contributed by atoms with van der Waals surface area (Å²) in [7, 11) is 0. The van der Waals surface area contributed by atoms with Crippen molar-refractivity contribution in [2.75, 3.05) is 5.73 Å². The number of hydrogen-bond donors (Lipinski definition) is 2. The van der Waals surface area contributed by atoms with Gasteiger partial charge in [-0.05, 0) is 33.6 Å². The minimum Gasteiger partial charge on any atom is -0.481 e. The summed E-state index contributed by atoms with van der Waals surface area (Å²) in [5.41, 5.74) is 6.53. The number of hydrogen-bond acceptors (Lipinski definition) is 2. The molecular weight excluding hydrogens is 257 g/mol. The van der Waals surface area contributed by atoms with Gasteiger partial charge in [0.25, 0.3) is 0 Å². The average Bonchev–Trinajstić information content (AvgIpc) is 1.99. The summed E-state index contributed by atoms with van der Waals surface area (Å²) < 4.78 is 0.652. The number of nitrogen functional groups attached to an aromatic ring is 1. The lowest BCUT2D eigenvalue weighted by atomic mass is 10.1. The first kappa shape index (κ1) is 10.3. The lowest BCUT2D eigenvalue weighted by molar-refractivity contribution is -0.136. The predicted octanol–water partition coefficient (Wildman–Crippen LogP) is 2.31. The van der Waals surface area contributed by atoms with E-state index in [0.29, 0.717) is 20.7 Å². The zero-order valence-corrected chi connectivity index (χ0v) is 8.89. The van der Waals surface area contributed by atoms with Gasteiger partial charge in [0.15, 0.2) is 0 Å². The maximum atomic E-state index is 10.4. The molecule has 1 aromatic carbocycles. The van der Waals surface area contributed by atoms with Gasteiger partial charge in [0.1, 0.15) is 0 Å². The summed E-state index contributed by atoms with van der Waals surface area (Å²) in [4.78, 5) is 10.4. The largest absolute Gasteiger partial charge is 0.481 e. The molecule has 0 aliphatic carbocycles. The maximum Gasteiger partial charge on any atom is 0.307 e. The lowest BCUT2D eigenvalue weighted by Crippen LogP contribution is -2.03. The molecule has 0 fully saturated rings. The van der Waals surface area contributed by atoms with Gasteiger partial charge in [0, 0.05) is 10.2 Å². The molecule has 5 heteroatoms. The lowest BCUT2D eigenvalue weighted by Gasteiger charge is -2.04. The number of anilines is 1. The molecule has 0 radical (unpaired) electrons. The first-order valence-corrected chi connectivity index (χ1v) is 4.63. The molecule has 0 aliphatic heterocycles. The number of halogens is 2. The highest BCUT2D eigenvalue weighted by Crippen LogP contribution is 2.27. The quantitative estimate of drug-likeness (QED) is 0.806. The van der Waals surface area contributed by atoms with Crippen molar-refractivity contribution < 1.29 is 9.90 Å². The van der Waals surface area contributed by atoms with Gasteiger partial charge in [-0.1, -0.05) is 11.6 Å². The summed E-state index contributed by atoms with van der Waals surface area (Å²) in [6, 6.07) is 3.15. The molecule has 0 unspecified atom stereocenters. The Balaban J connectivity index is 3.08. The first-order chi connectivity index (χ1) is 6.00. The van der Waals surface area contributed by atoms with E-state index in [-0.39, 0.29) is 6.42 Å². The van der Waals surface area contributed by atoms with E-state index >= 15 is 0 Å². The number of nitrogens with two attached hydrogens (primary N) is 1. The molecule has 0 aromatic heterocycles. The van der Waals surface area contributed by atoms with Crippen LogP contribution in [0.15, 0.2) is 16.6 Å². The molecule has 0 bridgehead atoms. The molecule has 3 N–H and O–H groups in total. The summed E-state index contributed by atoms with van der Waals surface area (Å²) in [6.07, 6.45) is -0.0956. The molecule has 0 spiro atoms. The Hall–Kier alpha value is -0.740. The van der Waals surface area contributed by atoms with Crippen LogP contribution in [0.25, 0.3) is 0 Å². The van der Waals surface area contributed by atoms with Crippen LogP contribution in [0.5, 0.6) is 0 Å². The van der Waals surface area contributed by atoms with Crippen LogP contribution in [0.1, 0.15) is 5.56 Å². The van der Waals surface area contributed by atoms with Gasteiger partial charge in [-0.3, -0.25) is 4.79 Å². The van der Waals surface area contributed by atoms with Crippen molar-refractivity contribution in [3.05, 3.63) is 27.2 Å². The third kappa shape index (κ3) is 2.60. The zero-order valence-electron chi connectivity index (χ0n) is 6.55. The van der Waals surface area contributed by atoms with E-state index in [1.165, 1.54) is 6.07 Å². The van der Waals surface area contributed by atoms with Crippen molar-refractivity contribution in [3.63, 3.8) is 0 Å². The van der Waals surface area contributed by atoms with E-state index in [0.717, 1.165) is 0 Å². The van der Waals surface area contributed by atoms with Crippen LogP contribution in [0.2, 0.25) is 5.02 Å². The SMILES string of the molecule is Nc1cc(Cl)c(Br)cc1CC(=O)O. The molecule has 0 heterocycles. The highest BCUT2D eigenvalue weighted by Gasteiger charge is 2.07. The molecule has 1 rings (SSSR count). The van der Waals surface area contributed by atoms with E-state index in [1.807, 2.05) is 0 Å². The van der Waals surface area contributed by atoms with Crippen molar-refractivity contribution in [2.24, 2.45) is 0 Å². The summed E-state index contributed by atoms with van der Waals surface area (Å²) >= 11 is 8.94. The Kier molecular flexibility index (Phi) is 3.17. The van der Waals surface area contributed by atoms with Crippen LogP contribution in [-0.2, 0) is 11.2 Å². The highest BCUT2D eigenvalue weighted by atomic mass is 79.9. The molecule has 1 aromatic rings. The molecule has 0 saturated carbocycles. The smallest absolute Gasteiger partial charge is 0.307 e. The fourth-order valence-corrected chi connectivity index (χ4v) is 1.48. The maximum absolute atomic E-state index is 10.4. The van der Waals surface area contributed by atoms with Crippen molar-refractivity contribution in [1.82, 2.24) is 0 Å². The van der Waals surface area contributed by atoms with E-state index in [4.69, 9.17) is 22.4 Å². The third-order valence-corrected chi connectivity index (χ3v) is 2.72. The standard InChI is InChI=1S/C8H7BrClNO2/c9-5-1-4(2-8(12)13)7(11)3-6(5)10/h1,3H,2,11H2,(H,12,13). The Morgan fingerprint density at radius 2 is 2.23 bits per heavy atom. The summed E-state index contributed by atoms with van der Waals surface area (Å²) in [5.74, 6) is -0.916. The van der Waals surface area contributed by atoms with Gasteiger partial charge in [-0.15, -0.1) is 0 Å². The van der Waals surface area contributed by atoms with Crippen molar-refractivity contribution >= 4 is 39.2 Å². The van der Waals surface area contributed by atoms with E-state index in [1.54, 1.807) is 6.07 Å². The molecule has 13 heavy (non-hydrogen) atoms. The molecule has 0 aliphatic rings. The number of rotatable bonds is 2. The van der Waals surface area contributed by atoms with Crippen LogP contribution in [0.3, 0.4) is 0 Å². The molecule has 0 saturated heterocycles. The second kappa shape index (κ2) is 3.98. The van der Waals surface area contributed by atoms with Gasteiger partial charge >= 0.3 is 5.97 Å². The van der Waals surface area contributed by atoms with Gasteiger partial charge < -0.3 is 10.8 Å². The summed E-state index contributed by atoms with van der Waals surface area (Å²) in [6.45, 7) is 0. The van der Waals surface area contributed by atoms with Gasteiger partial charge in [-0.25, -0.2) is 0 Å². The van der Waals surface area contributed by atoms with Crippen LogP contribution < -0.4 is 5.73 Å². The second-order valence-electron chi connectivity index (χ2n) is 2.54. The fraction of sp³-hybridized carbons (Fsp3) is 0.125. The van der Waals surface area contributed by atoms with Crippen LogP contribution >= 0.6 is 27.5 Å². The Bertz CT molecular complexity index is 354. The molecular formula is C8H7BrClNO2. The van der Waals surface area contributed by atoms with Gasteiger partial charge in [0.05, 0.1) is 11.4 Å². The Morgan fingerprint density at radius 3 is 2.77 bits per heavy atom. The van der Waals surface area contributed by atoms with E-state index < -0.39 is 5.97 Å². The van der Waals surface area contributed by atoms with E-state index in [9.17, 15) is 4.79 Å². The third-order valence-electron chi connectivity index (χ3n) is 1.52. The average molecular weight is 265 g/mol. The number of aliphatic carboxylic acids is 1. The minimum absolute atomic E-state index is 0.0956. The van der Waals surface area contributed by atoms with Crippen molar-refractivity contribution in [3.8, 4) is 0 Å². The Labute approximate surface area is 88.6 Å². The van der Waals surface area contributed by atoms with Gasteiger partial charge in [0.2, 0.25) is 0 Å². The molecule has 0 amide bonds. The topological polar surface area (TPSA) is 63.3 Å². The van der Waals surface area contributed by atoms with Crippen molar-refractivity contribution in [1.29, 1.82) is 0 Å². The number of carboxylic acid groups (broad SMARTS) is 1. The second-order valence-corrected chi connectivity index (χ2v) is 3.80. The van der Waals surface area contributed by atoms with Gasteiger partial charge in [-0.2, -0.15) is 0 Å². The normalized spacial score (nSPS) is 10.0. The fourth-order valence-electron chi connectivity index (χ4n) is 0.919. The zero-order chi connectivity index (χ0) is 10.0. The Morgan fingerprint density at radius 1 is 1.62 bits per heavy atom.